The van der Waals surface area contributed by atoms with Crippen molar-refractivity contribution in [1.29, 1.82) is 0 Å². The van der Waals surface area contributed by atoms with Crippen molar-refractivity contribution in [2.75, 3.05) is 5.43 Å². The molecule has 1 unspecified atom stereocenters. The Balaban J connectivity index is 3.01. The van der Waals surface area contributed by atoms with Gasteiger partial charge in [-0.25, -0.2) is 0 Å². The first-order valence-corrected chi connectivity index (χ1v) is 5.31. The number of rotatable bonds is 5. The average Bonchev–Trinajstić information content (AvgIpc) is 2.28. The second-order valence-corrected chi connectivity index (χ2v) is 3.71. The molecule has 0 saturated heterocycles. The Morgan fingerprint density at radius 2 is 1.94 bits per heavy atom. The predicted molar refractivity (Wildman–Crippen MR) is 68.4 cm³/mol. The Bertz CT molecular complexity index is 495. The highest BCUT2D eigenvalue weighted by Crippen LogP contribution is 2.15. The van der Waals surface area contributed by atoms with Crippen molar-refractivity contribution < 1.29 is 14.7 Å². The van der Waals surface area contributed by atoms with Gasteiger partial charge < -0.3 is 10.8 Å². The van der Waals surface area contributed by atoms with Crippen LogP contribution in [0.15, 0.2) is 29.4 Å². The van der Waals surface area contributed by atoms with Crippen LogP contribution in [-0.2, 0) is 4.79 Å². The number of nitrogens with one attached hydrogen (secondary N) is 1. The first-order valence-electron chi connectivity index (χ1n) is 5.31. The van der Waals surface area contributed by atoms with Gasteiger partial charge in [-0.2, -0.15) is 5.10 Å². The number of ketones is 2. The van der Waals surface area contributed by atoms with Gasteiger partial charge in [-0.15, -0.1) is 0 Å². The smallest absolute Gasteiger partial charge is 0.179 e. The molecule has 0 heterocycles. The summed E-state index contributed by atoms with van der Waals surface area (Å²) in [5.74, 6) is -0.580. The number of benzene rings is 1. The van der Waals surface area contributed by atoms with Gasteiger partial charge in [0.05, 0.1) is 5.69 Å². The monoisotopic (exact) mass is 249 g/mol. The molecule has 0 bridgehead atoms. The van der Waals surface area contributed by atoms with Crippen molar-refractivity contribution in [2.24, 2.45) is 10.8 Å². The SMILES string of the molecule is CC(=O)/C(=N/Nc1ccccc1C(C)=O)C(N)O. The van der Waals surface area contributed by atoms with Gasteiger partial charge >= 0.3 is 0 Å². The lowest BCUT2D eigenvalue weighted by Crippen LogP contribution is -2.35. The fourth-order valence-corrected chi connectivity index (χ4v) is 1.36. The van der Waals surface area contributed by atoms with Gasteiger partial charge in [-0.1, -0.05) is 12.1 Å². The van der Waals surface area contributed by atoms with Gasteiger partial charge in [0.25, 0.3) is 0 Å². The highest BCUT2D eigenvalue weighted by molar-refractivity contribution is 6.40. The van der Waals surface area contributed by atoms with E-state index in [1.54, 1.807) is 24.3 Å². The fraction of sp³-hybridized carbons (Fsp3) is 0.250. The van der Waals surface area contributed by atoms with Crippen molar-refractivity contribution in [3.8, 4) is 0 Å². The molecule has 0 aliphatic rings. The molecule has 0 spiro atoms. The zero-order valence-corrected chi connectivity index (χ0v) is 10.2. The summed E-state index contributed by atoms with van der Waals surface area (Å²) >= 11 is 0. The van der Waals surface area contributed by atoms with Crippen LogP contribution in [0.2, 0.25) is 0 Å². The number of carbonyl (C=O) groups is 2. The van der Waals surface area contributed by atoms with Crippen LogP contribution in [0.1, 0.15) is 24.2 Å². The molecule has 1 aromatic rings. The Labute approximate surface area is 104 Å². The number of nitrogens with zero attached hydrogens (tertiary/aromatic N) is 1. The average molecular weight is 249 g/mol. The van der Waals surface area contributed by atoms with Crippen LogP contribution in [-0.4, -0.2) is 28.6 Å². The molecular weight excluding hydrogens is 234 g/mol. The van der Waals surface area contributed by atoms with Crippen LogP contribution < -0.4 is 11.2 Å². The van der Waals surface area contributed by atoms with E-state index in [0.29, 0.717) is 11.3 Å². The fourth-order valence-electron chi connectivity index (χ4n) is 1.36. The molecule has 0 saturated carbocycles. The number of aliphatic hydroxyl groups excluding tert-OH is 1. The molecule has 1 aromatic carbocycles. The Kier molecular flexibility index (Phi) is 4.70. The summed E-state index contributed by atoms with van der Waals surface area (Å²) in [5.41, 5.74) is 8.45. The zero-order valence-electron chi connectivity index (χ0n) is 10.2. The third-order valence-corrected chi connectivity index (χ3v) is 2.24. The van der Waals surface area contributed by atoms with E-state index in [1.165, 1.54) is 13.8 Å². The number of aliphatic hydroxyl groups is 1. The van der Waals surface area contributed by atoms with Gasteiger partial charge in [-0.05, 0) is 19.1 Å². The maximum atomic E-state index is 11.3. The van der Waals surface area contributed by atoms with Gasteiger partial charge in [0.15, 0.2) is 17.8 Å². The molecule has 0 radical (unpaired) electrons. The summed E-state index contributed by atoms with van der Waals surface area (Å²) in [6.07, 6.45) is -1.46. The molecule has 6 nitrogen and oxygen atoms in total. The van der Waals surface area contributed by atoms with Gasteiger partial charge in [0, 0.05) is 12.5 Å². The standard InChI is InChI=1S/C12H15N3O3/c1-7(16)9-5-3-4-6-10(9)14-15-11(8(2)17)12(13)18/h3-6,12,14,18H,13H2,1-2H3/b15-11-. The van der Waals surface area contributed by atoms with Crippen LogP contribution >= 0.6 is 0 Å². The lowest BCUT2D eigenvalue weighted by Gasteiger charge is -2.09. The van der Waals surface area contributed by atoms with Gasteiger partial charge in [0.1, 0.15) is 5.71 Å². The van der Waals surface area contributed by atoms with E-state index in [2.05, 4.69) is 10.5 Å². The number of nitrogens with two attached hydrogens (primary N) is 1. The Morgan fingerprint density at radius 3 is 2.44 bits per heavy atom. The van der Waals surface area contributed by atoms with Crippen LogP contribution in [0.4, 0.5) is 5.69 Å². The number of carbonyl (C=O) groups excluding carboxylic acids is 2. The number of para-hydroxylation sites is 1. The molecule has 6 heteroatoms. The number of hydrogen-bond donors (Lipinski definition) is 3. The predicted octanol–water partition coefficient (Wildman–Crippen LogP) is 0.523. The molecular formula is C12H15N3O3. The minimum Gasteiger partial charge on any atom is -0.373 e. The van der Waals surface area contributed by atoms with E-state index in [4.69, 9.17) is 10.8 Å². The number of anilines is 1. The molecule has 0 amide bonds. The molecule has 96 valence electrons. The maximum absolute atomic E-state index is 11.3. The molecule has 4 N–H and O–H groups in total. The van der Waals surface area contributed by atoms with Crippen LogP contribution in [0.25, 0.3) is 0 Å². The molecule has 1 atom stereocenters. The molecule has 0 aliphatic heterocycles. The van der Waals surface area contributed by atoms with Crippen molar-refractivity contribution >= 4 is 23.0 Å². The molecule has 1 rings (SSSR count). The zero-order chi connectivity index (χ0) is 13.7. The summed E-state index contributed by atoms with van der Waals surface area (Å²) in [5, 5.41) is 12.9. The van der Waals surface area contributed by atoms with Crippen molar-refractivity contribution in [3.05, 3.63) is 29.8 Å². The van der Waals surface area contributed by atoms with Crippen molar-refractivity contribution in [1.82, 2.24) is 0 Å². The topological polar surface area (TPSA) is 105 Å². The lowest BCUT2D eigenvalue weighted by molar-refractivity contribution is -0.111. The number of hydrogen-bond acceptors (Lipinski definition) is 6. The largest absolute Gasteiger partial charge is 0.373 e. The van der Waals surface area contributed by atoms with E-state index in [-0.39, 0.29) is 11.5 Å². The molecule has 0 aromatic heterocycles. The Morgan fingerprint density at radius 1 is 1.33 bits per heavy atom. The van der Waals surface area contributed by atoms with Gasteiger partial charge in [0.2, 0.25) is 0 Å². The van der Waals surface area contributed by atoms with E-state index < -0.39 is 12.0 Å². The normalized spacial score (nSPS) is 13.0. The second kappa shape index (κ2) is 6.04. The van der Waals surface area contributed by atoms with Crippen molar-refractivity contribution in [2.45, 2.75) is 20.1 Å². The lowest BCUT2D eigenvalue weighted by atomic mass is 10.1. The number of Topliss-reactive ketones (excluding diaryl/α,β-unsaturated/α-hetero) is 2. The highest BCUT2D eigenvalue weighted by Gasteiger charge is 2.13. The van der Waals surface area contributed by atoms with Crippen LogP contribution in [0.5, 0.6) is 0 Å². The summed E-state index contributed by atoms with van der Waals surface area (Å²) in [6, 6.07) is 6.71. The minimum atomic E-state index is -1.46. The summed E-state index contributed by atoms with van der Waals surface area (Å²) in [6.45, 7) is 2.67. The van der Waals surface area contributed by atoms with Crippen LogP contribution in [0.3, 0.4) is 0 Å². The quantitative estimate of drug-likeness (QED) is 0.305. The Hall–Kier alpha value is -2.05. The van der Waals surface area contributed by atoms with Crippen LogP contribution in [0, 0.1) is 0 Å². The number of hydrazone groups is 1. The highest BCUT2D eigenvalue weighted by atomic mass is 16.3. The maximum Gasteiger partial charge on any atom is 0.179 e. The second-order valence-electron chi connectivity index (χ2n) is 3.71. The molecule has 0 aliphatic carbocycles. The summed E-state index contributed by atoms with van der Waals surface area (Å²) in [4.78, 5) is 22.5. The van der Waals surface area contributed by atoms with Crippen molar-refractivity contribution in [3.63, 3.8) is 0 Å². The minimum absolute atomic E-state index is 0.133. The van der Waals surface area contributed by atoms with E-state index in [1.807, 2.05) is 0 Å². The third kappa shape index (κ3) is 3.47. The summed E-state index contributed by atoms with van der Waals surface area (Å²) < 4.78 is 0. The first-order chi connectivity index (χ1) is 8.43. The van der Waals surface area contributed by atoms with E-state index >= 15 is 0 Å². The third-order valence-electron chi connectivity index (χ3n) is 2.24. The summed E-state index contributed by atoms with van der Waals surface area (Å²) in [7, 11) is 0. The van der Waals surface area contributed by atoms with Gasteiger partial charge in [-0.3, -0.25) is 15.0 Å². The molecule has 0 fully saturated rings. The first kappa shape index (κ1) is 14.0. The molecule has 18 heavy (non-hydrogen) atoms. The van der Waals surface area contributed by atoms with E-state index in [0.717, 1.165) is 0 Å². The van der Waals surface area contributed by atoms with E-state index in [9.17, 15) is 9.59 Å².